The molecule has 1 aromatic heterocycles. The second-order valence-electron chi connectivity index (χ2n) is 10.9. The number of thiophene rings is 1. The van der Waals surface area contributed by atoms with E-state index in [4.69, 9.17) is 0 Å². The second-order valence-corrected chi connectivity index (χ2v) is 12.0. The highest BCUT2D eigenvalue weighted by Gasteiger charge is 2.18. The van der Waals surface area contributed by atoms with Gasteiger partial charge in [0.05, 0.1) is 0 Å². The summed E-state index contributed by atoms with van der Waals surface area (Å²) in [5.74, 6) is 0. The van der Waals surface area contributed by atoms with Crippen molar-refractivity contribution in [3.63, 3.8) is 0 Å². The van der Waals surface area contributed by atoms with Crippen LogP contribution in [0.2, 0.25) is 0 Å². The Morgan fingerprint density at radius 3 is 2.02 bits per heavy atom. The highest BCUT2D eigenvalue weighted by Crippen LogP contribution is 2.46. The Labute approximate surface area is 254 Å². The van der Waals surface area contributed by atoms with Gasteiger partial charge in [0, 0.05) is 42.6 Å². The van der Waals surface area contributed by atoms with Gasteiger partial charge < -0.3 is 4.90 Å². The summed E-state index contributed by atoms with van der Waals surface area (Å²) in [6.07, 6.45) is 8.15. The smallest absolute Gasteiger partial charge is 0.0468 e. The first kappa shape index (κ1) is 25.5. The predicted octanol–water partition coefficient (Wildman–Crippen LogP) is 12.5. The lowest BCUT2D eigenvalue weighted by Gasteiger charge is -2.27. The molecule has 0 N–H and O–H groups in total. The van der Waals surface area contributed by atoms with E-state index in [-0.39, 0.29) is 0 Å². The average Bonchev–Trinajstić information content (AvgIpc) is 3.46. The fraction of sp³-hybridized carbons (Fsp3) is 0.0244. The standard InChI is InChI=1S/C41H29NS/c1-3-5-13-29(4-2)42(30-21-23-33-28(25-30)20-19-27-12-6-7-14-32(27)33)31-22-24-39-38(26-31)40-36-17-10-8-15-34(36)35-16-9-11-18-37(35)41(40)43-39/h3-26H,1H2,2H3/b13-5-,29-4+. The average molecular weight is 568 g/mol. The van der Waals surface area contributed by atoms with Crippen LogP contribution in [0.15, 0.2) is 158 Å². The molecule has 8 rings (SSSR count). The molecule has 0 unspecified atom stereocenters. The molecule has 0 saturated carbocycles. The summed E-state index contributed by atoms with van der Waals surface area (Å²) in [7, 11) is 0. The summed E-state index contributed by atoms with van der Waals surface area (Å²) in [5.41, 5.74) is 3.35. The highest BCUT2D eigenvalue weighted by molar-refractivity contribution is 7.27. The van der Waals surface area contributed by atoms with Gasteiger partial charge in [-0.3, -0.25) is 0 Å². The van der Waals surface area contributed by atoms with Crippen LogP contribution in [0.1, 0.15) is 6.92 Å². The molecule has 0 saturated heterocycles. The van der Waals surface area contributed by atoms with Crippen LogP contribution in [0.25, 0.3) is 63.3 Å². The van der Waals surface area contributed by atoms with Crippen molar-refractivity contribution in [2.75, 3.05) is 4.90 Å². The first-order chi connectivity index (χ1) is 21.2. The van der Waals surface area contributed by atoms with Gasteiger partial charge in [0.25, 0.3) is 0 Å². The molecule has 0 fully saturated rings. The molecule has 1 heterocycles. The molecule has 0 radical (unpaired) electrons. The summed E-state index contributed by atoms with van der Waals surface area (Å²) >= 11 is 1.89. The fourth-order valence-electron chi connectivity index (χ4n) is 6.59. The van der Waals surface area contributed by atoms with E-state index in [1.54, 1.807) is 0 Å². The molecule has 1 nitrogen and oxygen atoms in total. The number of hydrogen-bond acceptors (Lipinski definition) is 2. The lowest BCUT2D eigenvalue weighted by atomic mass is 9.97. The maximum absolute atomic E-state index is 3.93. The van der Waals surface area contributed by atoms with E-state index in [1.165, 1.54) is 63.3 Å². The largest absolute Gasteiger partial charge is 0.311 e. The highest BCUT2D eigenvalue weighted by atomic mass is 32.1. The summed E-state index contributed by atoms with van der Waals surface area (Å²) in [6, 6.07) is 44.5. The van der Waals surface area contributed by atoms with E-state index < -0.39 is 0 Å². The number of nitrogens with zero attached hydrogens (tertiary/aromatic N) is 1. The van der Waals surface area contributed by atoms with E-state index in [0.29, 0.717) is 0 Å². The zero-order chi connectivity index (χ0) is 28.9. The molecule has 0 aliphatic rings. The third-order valence-corrected chi connectivity index (χ3v) is 9.74. The molecule has 204 valence electrons. The van der Waals surface area contributed by atoms with E-state index in [1.807, 2.05) is 23.5 Å². The van der Waals surface area contributed by atoms with Gasteiger partial charge in [0.15, 0.2) is 0 Å². The molecule has 8 aromatic rings. The Hall–Kier alpha value is -5.18. The first-order valence-electron chi connectivity index (χ1n) is 14.7. The van der Waals surface area contributed by atoms with E-state index >= 15 is 0 Å². The molecule has 0 aliphatic heterocycles. The number of fused-ring (bicyclic) bond motifs is 11. The molecule has 0 aliphatic carbocycles. The van der Waals surface area contributed by atoms with Gasteiger partial charge in [-0.15, -0.1) is 11.3 Å². The third-order valence-electron chi connectivity index (χ3n) is 8.53. The number of anilines is 2. The van der Waals surface area contributed by atoms with Crippen molar-refractivity contribution in [3.8, 4) is 0 Å². The zero-order valence-corrected chi connectivity index (χ0v) is 24.7. The molecule has 43 heavy (non-hydrogen) atoms. The van der Waals surface area contributed by atoms with Crippen LogP contribution < -0.4 is 4.90 Å². The number of benzene rings is 7. The SMILES string of the molecule is C=C/C=C\C(=C/C)N(c1ccc2c(ccc3ccccc32)c1)c1ccc2sc3c4ccccc4c4ccccc4c3c2c1. The summed E-state index contributed by atoms with van der Waals surface area (Å²) in [6.45, 7) is 6.03. The van der Waals surface area contributed by atoms with Crippen molar-refractivity contribution in [2.24, 2.45) is 0 Å². The second kappa shape index (κ2) is 10.3. The van der Waals surface area contributed by atoms with Crippen LogP contribution in [0.5, 0.6) is 0 Å². The van der Waals surface area contributed by atoms with Crippen molar-refractivity contribution >= 4 is 86.0 Å². The maximum atomic E-state index is 3.93. The van der Waals surface area contributed by atoms with Gasteiger partial charge in [0.1, 0.15) is 0 Å². The van der Waals surface area contributed by atoms with Gasteiger partial charge in [-0.25, -0.2) is 0 Å². The Bertz CT molecular complexity index is 2440. The molecule has 0 atom stereocenters. The topological polar surface area (TPSA) is 3.24 Å². The molecular formula is C41H29NS. The molecule has 0 spiro atoms. The molecule has 0 amide bonds. The van der Waals surface area contributed by atoms with E-state index in [0.717, 1.165) is 17.1 Å². The fourth-order valence-corrected chi connectivity index (χ4v) is 7.82. The minimum absolute atomic E-state index is 1.09. The van der Waals surface area contributed by atoms with Crippen molar-refractivity contribution < 1.29 is 0 Å². The minimum Gasteiger partial charge on any atom is -0.311 e. The normalized spacial score (nSPS) is 12.4. The molecule has 0 bridgehead atoms. The van der Waals surface area contributed by atoms with Crippen molar-refractivity contribution in [1.29, 1.82) is 0 Å². The van der Waals surface area contributed by atoms with Gasteiger partial charge in [0.2, 0.25) is 0 Å². The van der Waals surface area contributed by atoms with Gasteiger partial charge in [-0.2, -0.15) is 0 Å². The van der Waals surface area contributed by atoms with Crippen molar-refractivity contribution in [2.45, 2.75) is 6.92 Å². The molecular weight excluding hydrogens is 539 g/mol. The van der Waals surface area contributed by atoms with Gasteiger partial charge in [-0.1, -0.05) is 116 Å². The zero-order valence-electron chi connectivity index (χ0n) is 23.9. The van der Waals surface area contributed by atoms with Crippen LogP contribution >= 0.6 is 11.3 Å². The Kier molecular flexibility index (Phi) is 6.10. The number of rotatable bonds is 5. The monoisotopic (exact) mass is 567 g/mol. The van der Waals surface area contributed by atoms with Crippen LogP contribution in [-0.2, 0) is 0 Å². The van der Waals surface area contributed by atoms with Crippen LogP contribution in [-0.4, -0.2) is 0 Å². The van der Waals surface area contributed by atoms with Crippen molar-refractivity contribution in [1.82, 2.24) is 0 Å². The Morgan fingerprint density at radius 2 is 1.23 bits per heavy atom. The quantitative estimate of drug-likeness (QED) is 0.148. The summed E-state index contributed by atoms with van der Waals surface area (Å²) in [4.78, 5) is 2.36. The van der Waals surface area contributed by atoms with E-state index in [9.17, 15) is 0 Å². The van der Waals surface area contributed by atoms with Gasteiger partial charge >= 0.3 is 0 Å². The van der Waals surface area contributed by atoms with Crippen LogP contribution in [0, 0.1) is 0 Å². The van der Waals surface area contributed by atoms with Crippen LogP contribution in [0.4, 0.5) is 11.4 Å². The first-order valence-corrected chi connectivity index (χ1v) is 15.5. The third kappa shape index (κ3) is 4.06. The molecule has 7 aromatic carbocycles. The maximum Gasteiger partial charge on any atom is 0.0468 e. The summed E-state index contributed by atoms with van der Waals surface area (Å²) < 4.78 is 2.65. The molecule has 2 heteroatoms. The van der Waals surface area contributed by atoms with Crippen LogP contribution in [0.3, 0.4) is 0 Å². The van der Waals surface area contributed by atoms with E-state index in [2.05, 4.69) is 152 Å². The summed E-state index contributed by atoms with van der Waals surface area (Å²) in [5, 5.41) is 12.9. The number of hydrogen-bond donors (Lipinski definition) is 0. The predicted molar refractivity (Wildman–Crippen MR) is 191 cm³/mol. The van der Waals surface area contributed by atoms with Gasteiger partial charge in [-0.05, 0) is 81.0 Å². The lowest BCUT2D eigenvalue weighted by Crippen LogP contribution is -2.15. The number of allylic oxidation sites excluding steroid dienone is 4. The Balaban J connectivity index is 1.40. The lowest BCUT2D eigenvalue weighted by molar-refractivity contribution is 1.21. The van der Waals surface area contributed by atoms with Crippen molar-refractivity contribution in [3.05, 3.63) is 158 Å². The Morgan fingerprint density at radius 1 is 0.605 bits per heavy atom. The minimum atomic E-state index is 1.09.